The lowest BCUT2D eigenvalue weighted by atomic mass is 10.0. The van der Waals surface area contributed by atoms with Gasteiger partial charge in [0.25, 0.3) is 0 Å². The van der Waals surface area contributed by atoms with Crippen molar-refractivity contribution in [2.75, 3.05) is 36.8 Å². The first-order valence-electron chi connectivity index (χ1n) is 9.80. The maximum absolute atomic E-state index is 12.2. The van der Waals surface area contributed by atoms with Crippen molar-refractivity contribution in [2.45, 2.75) is 51.3 Å². The molecule has 1 aromatic rings. The van der Waals surface area contributed by atoms with Crippen LogP contribution in [0.1, 0.15) is 40.5 Å². The molecule has 2 N–H and O–H groups in total. The van der Waals surface area contributed by atoms with E-state index in [0.29, 0.717) is 12.0 Å². The van der Waals surface area contributed by atoms with Gasteiger partial charge in [-0.1, -0.05) is 18.2 Å². The third kappa shape index (κ3) is 6.41. The average Bonchev–Trinajstić information content (AvgIpc) is 2.62. The first-order valence-corrected chi connectivity index (χ1v) is 11.5. The number of nitrogens with zero attached hydrogens (tertiary/aromatic N) is 2. The van der Waals surface area contributed by atoms with Crippen molar-refractivity contribution < 1.29 is 8.42 Å². The van der Waals surface area contributed by atoms with Crippen molar-refractivity contribution >= 4 is 21.5 Å². The van der Waals surface area contributed by atoms with Crippen LogP contribution in [0.3, 0.4) is 0 Å². The average molecular weight is 395 g/mol. The largest absolute Gasteiger partial charge is 0.371 e. The predicted molar refractivity (Wildman–Crippen MR) is 114 cm³/mol. The number of piperidine rings is 1. The maximum Gasteiger partial charge on any atom is 0.191 e. The maximum atomic E-state index is 12.2. The zero-order valence-electron chi connectivity index (χ0n) is 17.0. The van der Waals surface area contributed by atoms with E-state index in [0.717, 1.165) is 32.5 Å². The van der Waals surface area contributed by atoms with Crippen LogP contribution in [0.4, 0.5) is 5.69 Å². The van der Waals surface area contributed by atoms with Gasteiger partial charge in [-0.05, 0) is 52.7 Å². The van der Waals surface area contributed by atoms with E-state index in [9.17, 15) is 8.42 Å². The number of anilines is 1. The first kappa shape index (κ1) is 21.5. The SMILES string of the molecule is CCNC(=NCCS(=O)(=O)C(C)(C)C)NC1CCN(c2ccccc2)CC1. The minimum Gasteiger partial charge on any atom is -0.371 e. The van der Waals surface area contributed by atoms with E-state index in [2.05, 4.69) is 44.8 Å². The highest BCUT2D eigenvalue weighted by Crippen LogP contribution is 2.19. The number of sulfone groups is 1. The van der Waals surface area contributed by atoms with E-state index in [4.69, 9.17) is 0 Å². The first-order chi connectivity index (χ1) is 12.7. The highest BCUT2D eigenvalue weighted by Gasteiger charge is 2.28. The zero-order valence-corrected chi connectivity index (χ0v) is 17.8. The number of rotatable bonds is 6. The minimum absolute atomic E-state index is 0.0690. The number of benzene rings is 1. The van der Waals surface area contributed by atoms with E-state index < -0.39 is 14.6 Å². The molecule has 0 saturated carbocycles. The third-order valence-corrected chi connectivity index (χ3v) is 7.45. The summed E-state index contributed by atoms with van der Waals surface area (Å²) < 4.78 is 23.7. The number of guanidine groups is 1. The van der Waals surface area contributed by atoms with Gasteiger partial charge in [-0.3, -0.25) is 4.99 Å². The van der Waals surface area contributed by atoms with Crippen molar-refractivity contribution in [3.8, 4) is 0 Å². The Balaban J connectivity index is 1.87. The zero-order chi connectivity index (χ0) is 19.9. The van der Waals surface area contributed by atoms with Crippen molar-refractivity contribution in [1.82, 2.24) is 10.6 Å². The fourth-order valence-electron chi connectivity index (χ4n) is 3.02. The van der Waals surface area contributed by atoms with E-state index >= 15 is 0 Å². The van der Waals surface area contributed by atoms with E-state index in [1.165, 1.54) is 5.69 Å². The molecule has 152 valence electrons. The Labute approximate surface area is 164 Å². The third-order valence-electron chi connectivity index (χ3n) is 4.86. The van der Waals surface area contributed by atoms with Gasteiger partial charge in [-0.15, -0.1) is 0 Å². The summed E-state index contributed by atoms with van der Waals surface area (Å²) in [6.07, 6.45) is 2.05. The van der Waals surface area contributed by atoms with Crippen molar-refractivity contribution in [3.63, 3.8) is 0 Å². The number of nitrogens with one attached hydrogen (secondary N) is 2. The van der Waals surface area contributed by atoms with Gasteiger partial charge in [0.2, 0.25) is 0 Å². The summed E-state index contributed by atoms with van der Waals surface area (Å²) in [5.74, 6) is 0.777. The second-order valence-electron chi connectivity index (χ2n) is 7.93. The predicted octanol–water partition coefficient (Wildman–Crippen LogP) is 2.42. The fourth-order valence-corrected chi connectivity index (χ4v) is 3.96. The molecule has 0 atom stereocenters. The molecule has 1 aliphatic heterocycles. The van der Waals surface area contributed by atoms with Gasteiger partial charge in [0.15, 0.2) is 15.8 Å². The van der Waals surface area contributed by atoms with Crippen LogP contribution in [-0.4, -0.2) is 57.1 Å². The minimum atomic E-state index is -3.15. The molecule has 7 heteroatoms. The Morgan fingerprint density at radius 1 is 1.19 bits per heavy atom. The molecule has 1 heterocycles. The van der Waals surface area contributed by atoms with Crippen LogP contribution in [0, 0.1) is 0 Å². The van der Waals surface area contributed by atoms with Gasteiger partial charge in [-0.2, -0.15) is 0 Å². The van der Waals surface area contributed by atoms with Crippen LogP contribution in [0.25, 0.3) is 0 Å². The summed E-state index contributed by atoms with van der Waals surface area (Å²) in [5.41, 5.74) is 1.27. The Morgan fingerprint density at radius 3 is 2.37 bits per heavy atom. The van der Waals surface area contributed by atoms with E-state index in [1.54, 1.807) is 20.8 Å². The Hall–Kier alpha value is -1.76. The summed E-state index contributed by atoms with van der Waals surface area (Å²) in [6, 6.07) is 10.8. The molecule has 1 aromatic carbocycles. The summed E-state index contributed by atoms with van der Waals surface area (Å²) in [4.78, 5) is 6.89. The quantitative estimate of drug-likeness (QED) is 0.573. The molecular weight excluding hydrogens is 360 g/mol. The van der Waals surface area contributed by atoms with Crippen molar-refractivity contribution in [1.29, 1.82) is 0 Å². The van der Waals surface area contributed by atoms with Crippen LogP contribution in [0.2, 0.25) is 0 Å². The van der Waals surface area contributed by atoms with E-state index in [-0.39, 0.29) is 12.3 Å². The summed E-state index contributed by atoms with van der Waals surface area (Å²) in [6.45, 7) is 10.2. The molecule has 0 aromatic heterocycles. The number of para-hydroxylation sites is 1. The Kier molecular flexibility index (Phi) is 7.53. The van der Waals surface area contributed by atoms with Gasteiger partial charge in [0.05, 0.1) is 17.0 Å². The van der Waals surface area contributed by atoms with Crippen molar-refractivity contribution in [3.05, 3.63) is 30.3 Å². The molecule has 0 aliphatic carbocycles. The fraction of sp³-hybridized carbons (Fsp3) is 0.650. The molecule has 1 saturated heterocycles. The molecule has 27 heavy (non-hydrogen) atoms. The summed E-state index contributed by atoms with van der Waals surface area (Å²) in [7, 11) is -3.15. The number of hydrogen-bond acceptors (Lipinski definition) is 4. The van der Waals surface area contributed by atoms with Crippen LogP contribution in [-0.2, 0) is 9.84 Å². The number of hydrogen-bond donors (Lipinski definition) is 2. The lowest BCUT2D eigenvalue weighted by Crippen LogP contribution is -2.49. The molecule has 0 bridgehead atoms. The molecular formula is C20H34N4O2S. The molecule has 1 aliphatic rings. The van der Waals surface area contributed by atoms with Gasteiger partial charge in [0, 0.05) is 31.4 Å². The topological polar surface area (TPSA) is 73.8 Å². The van der Waals surface area contributed by atoms with Gasteiger partial charge in [-0.25, -0.2) is 8.42 Å². The lowest BCUT2D eigenvalue weighted by molar-refractivity contribution is 0.461. The number of aliphatic imine (C=N–C) groups is 1. The molecule has 0 unspecified atom stereocenters. The van der Waals surface area contributed by atoms with Crippen LogP contribution < -0.4 is 15.5 Å². The molecule has 2 rings (SSSR count). The molecule has 1 fully saturated rings. The molecule has 0 amide bonds. The second-order valence-corrected chi connectivity index (χ2v) is 10.8. The molecule has 0 radical (unpaired) electrons. The van der Waals surface area contributed by atoms with Gasteiger partial charge in [0.1, 0.15) is 0 Å². The highest BCUT2D eigenvalue weighted by atomic mass is 32.2. The lowest BCUT2D eigenvalue weighted by Gasteiger charge is -2.34. The van der Waals surface area contributed by atoms with Crippen molar-refractivity contribution in [2.24, 2.45) is 4.99 Å². The summed E-state index contributed by atoms with van der Waals surface area (Å²) >= 11 is 0. The molecule has 0 spiro atoms. The van der Waals surface area contributed by atoms with Crippen LogP contribution >= 0.6 is 0 Å². The van der Waals surface area contributed by atoms with Gasteiger partial charge >= 0.3 is 0 Å². The van der Waals surface area contributed by atoms with E-state index in [1.807, 2.05) is 13.0 Å². The molecule has 6 nitrogen and oxygen atoms in total. The Morgan fingerprint density at radius 2 is 1.81 bits per heavy atom. The second kappa shape index (κ2) is 9.44. The van der Waals surface area contributed by atoms with Gasteiger partial charge < -0.3 is 15.5 Å². The van der Waals surface area contributed by atoms with Crippen LogP contribution in [0.5, 0.6) is 0 Å². The summed E-state index contributed by atoms with van der Waals surface area (Å²) in [5, 5.41) is 6.70. The highest BCUT2D eigenvalue weighted by molar-refractivity contribution is 7.92. The monoisotopic (exact) mass is 394 g/mol. The Bertz CT molecular complexity index is 703. The smallest absolute Gasteiger partial charge is 0.191 e. The van der Waals surface area contributed by atoms with Crippen LogP contribution in [0.15, 0.2) is 35.3 Å². The normalized spacial score (nSPS) is 17.0. The standard InChI is InChI=1S/C20H34N4O2S/c1-5-21-19(22-13-16-27(25,26)20(2,3)4)23-17-11-14-24(15-12-17)18-9-7-6-8-10-18/h6-10,17H,5,11-16H2,1-4H3,(H2,21,22,23).